The summed E-state index contributed by atoms with van der Waals surface area (Å²) >= 11 is 0. The van der Waals surface area contributed by atoms with Crippen LogP contribution in [0.4, 0.5) is 13.2 Å². The van der Waals surface area contributed by atoms with E-state index < -0.39 is 11.7 Å². The maximum Gasteiger partial charge on any atom is 0.420 e. The van der Waals surface area contributed by atoms with Gasteiger partial charge in [0.1, 0.15) is 18.8 Å². The molecule has 0 bridgehead atoms. The lowest BCUT2D eigenvalue weighted by Crippen LogP contribution is -2.19. The van der Waals surface area contributed by atoms with Crippen LogP contribution in [0, 0.1) is 0 Å². The fraction of sp³-hybridized carbons (Fsp3) is 0.500. The summed E-state index contributed by atoms with van der Waals surface area (Å²) in [6, 6.07) is 2.60. The molecule has 0 atom stereocenters. The third kappa shape index (κ3) is 2.69. The summed E-state index contributed by atoms with van der Waals surface area (Å²) < 4.78 is 48.9. The van der Waals surface area contributed by atoms with Crippen LogP contribution in [0.3, 0.4) is 0 Å². The Morgan fingerprint density at radius 3 is 2.56 bits per heavy atom. The lowest BCUT2D eigenvalue weighted by Gasteiger charge is -2.23. The van der Waals surface area contributed by atoms with Crippen LogP contribution in [0.25, 0.3) is 0 Å². The number of halogens is 3. The first-order chi connectivity index (χ1) is 8.52. The first-order valence-electron chi connectivity index (χ1n) is 5.63. The van der Waals surface area contributed by atoms with Crippen molar-refractivity contribution in [2.75, 3.05) is 19.8 Å². The Kier molecular flexibility index (Phi) is 3.65. The third-order valence-corrected chi connectivity index (χ3v) is 2.63. The molecule has 100 valence electrons. The van der Waals surface area contributed by atoms with Crippen molar-refractivity contribution in [1.82, 2.24) is 0 Å². The molecule has 1 aliphatic rings. The van der Waals surface area contributed by atoms with Crippen LogP contribution < -0.4 is 9.47 Å². The summed E-state index contributed by atoms with van der Waals surface area (Å²) in [7, 11) is 0. The molecule has 6 heteroatoms. The molecule has 0 amide bonds. The number of rotatable bonds is 3. The van der Waals surface area contributed by atoms with E-state index >= 15 is 0 Å². The van der Waals surface area contributed by atoms with Crippen LogP contribution in [0.2, 0.25) is 0 Å². The van der Waals surface area contributed by atoms with Crippen LogP contribution in [0.1, 0.15) is 17.5 Å². The minimum atomic E-state index is -4.47. The number of alkyl halides is 3. The second-order valence-electron chi connectivity index (χ2n) is 3.99. The molecule has 1 N–H and O–H groups in total. The number of aryl methyl sites for hydroxylation is 1. The smallest absolute Gasteiger partial charge is 0.420 e. The highest BCUT2D eigenvalue weighted by Gasteiger charge is 2.37. The van der Waals surface area contributed by atoms with Crippen molar-refractivity contribution in [2.24, 2.45) is 0 Å². The van der Waals surface area contributed by atoms with Gasteiger partial charge in [-0.05, 0) is 30.5 Å². The van der Waals surface area contributed by atoms with Crippen molar-refractivity contribution >= 4 is 0 Å². The highest BCUT2D eigenvalue weighted by molar-refractivity contribution is 5.51. The fourth-order valence-electron chi connectivity index (χ4n) is 1.85. The lowest BCUT2D eigenvalue weighted by molar-refractivity contribution is -0.139. The Bertz CT molecular complexity index is 429. The normalized spacial score (nSPS) is 14.7. The zero-order valence-corrected chi connectivity index (χ0v) is 9.59. The Labute approximate surface area is 102 Å². The summed E-state index contributed by atoms with van der Waals surface area (Å²) in [5.41, 5.74) is -0.326. The highest BCUT2D eigenvalue weighted by Crippen LogP contribution is 2.43. The van der Waals surface area contributed by atoms with Gasteiger partial charge in [-0.2, -0.15) is 13.2 Å². The van der Waals surface area contributed by atoms with Gasteiger partial charge >= 0.3 is 6.18 Å². The molecule has 0 aliphatic carbocycles. The molecule has 2 rings (SSSR count). The molecule has 0 radical (unpaired) electrons. The topological polar surface area (TPSA) is 38.7 Å². The monoisotopic (exact) mass is 262 g/mol. The average molecular weight is 262 g/mol. The van der Waals surface area contributed by atoms with Gasteiger partial charge in [-0.15, -0.1) is 0 Å². The summed E-state index contributed by atoms with van der Waals surface area (Å²) in [4.78, 5) is 0. The van der Waals surface area contributed by atoms with Gasteiger partial charge in [0, 0.05) is 6.61 Å². The zero-order chi connectivity index (χ0) is 13.2. The zero-order valence-electron chi connectivity index (χ0n) is 9.59. The molecule has 18 heavy (non-hydrogen) atoms. The Hall–Kier alpha value is -1.43. The SMILES string of the molecule is OCCCc1cc2c(c(C(F)(F)F)c1)OCCO2. The number of aliphatic hydroxyl groups is 1. The van der Waals surface area contributed by atoms with E-state index in [4.69, 9.17) is 14.6 Å². The van der Waals surface area contributed by atoms with E-state index in [2.05, 4.69) is 0 Å². The number of ether oxygens (including phenoxy) is 2. The van der Waals surface area contributed by atoms with Crippen LogP contribution in [-0.2, 0) is 12.6 Å². The van der Waals surface area contributed by atoms with Gasteiger partial charge in [0.25, 0.3) is 0 Å². The van der Waals surface area contributed by atoms with E-state index in [1.54, 1.807) is 6.07 Å². The molecule has 1 aromatic carbocycles. The molecule has 1 aromatic rings. The maximum atomic E-state index is 12.9. The molecule has 1 aliphatic heterocycles. The molecule has 0 saturated carbocycles. The summed E-state index contributed by atoms with van der Waals surface area (Å²) in [5, 5.41) is 8.72. The second kappa shape index (κ2) is 5.06. The summed E-state index contributed by atoms with van der Waals surface area (Å²) in [6.07, 6.45) is -3.69. The molecule has 0 aromatic heterocycles. The van der Waals surface area contributed by atoms with Gasteiger partial charge in [-0.1, -0.05) is 0 Å². The predicted octanol–water partition coefficient (Wildman–Crippen LogP) is 2.40. The second-order valence-corrected chi connectivity index (χ2v) is 3.99. The van der Waals surface area contributed by atoms with Crippen molar-refractivity contribution in [2.45, 2.75) is 19.0 Å². The van der Waals surface area contributed by atoms with Gasteiger partial charge in [0.15, 0.2) is 11.5 Å². The fourth-order valence-corrected chi connectivity index (χ4v) is 1.85. The van der Waals surface area contributed by atoms with E-state index in [0.29, 0.717) is 18.4 Å². The van der Waals surface area contributed by atoms with Crippen LogP contribution >= 0.6 is 0 Å². The Balaban J connectivity index is 2.41. The maximum absolute atomic E-state index is 12.9. The Morgan fingerprint density at radius 2 is 1.89 bits per heavy atom. The van der Waals surface area contributed by atoms with E-state index in [-0.39, 0.29) is 31.3 Å². The van der Waals surface area contributed by atoms with Gasteiger partial charge < -0.3 is 14.6 Å². The molecule has 3 nitrogen and oxygen atoms in total. The number of aliphatic hydroxyl groups excluding tert-OH is 1. The van der Waals surface area contributed by atoms with Crippen molar-refractivity contribution in [3.63, 3.8) is 0 Å². The van der Waals surface area contributed by atoms with Crippen LogP contribution in [0.5, 0.6) is 11.5 Å². The van der Waals surface area contributed by atoms with E-state index in [0.717, 1.165) is 6.07 Å². The van der Waals surface area contributed by atoms with E-state index in [1.165, 1.54) is 0 Å². The first kappa shape index (κ1) is 13.0. The molecule has 0 saturated heterocycles. The molecule has 0 spiro atoms. The van der Waals surface area contributed by atoms with Gasteiger partial charge in [0.05, 0.1) is 0 Å². The van der Waals surface area contributed by atoms with Crippen molar-refractivity contribution in [3.05, 3.63) is 23.3 Å². The molecule has 0 unspecified atom stereocenters. The highest BCUT2D eigenvalue weighted by atomic mass is 19.4. The minimum Gasteiger partial charge on any atom is -0.486 e. The standard InChI is InChI=1S/C12H13F3O3/c13-12(14,15)9-6-8(2-1-3-16)7-10-11(9)18-5-4-17-10/h6-7,16H,1-5H2. The van der Waals surface area contributed by atoms with Crippen LogP contribution in [0.15, 0.2) is 12.1 Å². The van der Waals surface area contributed by atoms with Gasteiger partial charge in [-0.25, -0.2) is 0 Å². The largest absolute Gasteiger partial charge is 0.486 e. The lowest BCUT2D eigenvalue weighted by atomic mass is 10.0. The van der Waals surface area contributed by atoms with E-state index in [1.807, 2.05) is 0 Å². The molecular weight excluding hydrogens is 249 g/mol. The summed E-state index contributed by atoms with van der Waals surface area (Å²) in [6.45, 7) is 0.301. The van der Waals surface area contributed by atoms with Crippen LogP contribution in [-0.4, -0.2) is 24.9 Å². The quantitative estimate of drug-likeness (QED) is 0.909. The number of hydrogen-bond donors (Lipinski definition) is 1. The van der Waals surface area contributed by atoms with E-state index in [9.17, 15) is 13.2 Å². The van der Waals surface area contributed by atoms with Crippen molar-refractivity contribution < 1.29 is 27.8 Å². The minimum absolute atomic E-state index is 0.0597. The average Bonchev–Trinajstić information content (AvgIpc) is 2.34. The summed E-state index contributed by atoms with van der Waals surface area (Å²) in [5.74, 6) is -0.106. The molecule has 1 heterocycles. The molecule has 0 fully saturated rings. The Morgan fingerprint density at radius 1 is 1.17 bits per heavy atom. The van der Waals surface area contributed by atoms with Gasteiger partial charge in [0.2, 0.25) is 0 Å². The van der Waals surface area contributed by atoms with Crippen molar-refractivity contribution in [3.8, 4) is 11.5 Å². The third-order valence-electron chi connectivity index (χ3n) is 2.63. The first-order valence-corrected chi connectivity index (χ1v) is 5.63. The predicted molar refractivity (Wildman–Crippen MR) is 57.8 cm³/mol. The van der Waals surface area contributed by atoms with Crippen molar-refractivity contribution in [1.29, 1.82) is 0 Å². The number of hydrogen-bond acceptors (Lipinski definition) is 3. The van der Waals surface area contributed by atoms with Gasteiger partial charge in [-0.3, -0.25) is 0 Å². The number of fused-ring (bicyclic) bond motifs is 1. The molecular formula is C12H13F3O3. The number of benzene rings is 1.